The lowest BCUT2D eigenvalue weighted by Crippen LogP contribution is -1.92. The molecule has 226 valence electrons. The number of fused-ring (bicyclic) bond motifs is 4. The Bertz CT molecular complexity index is 2540. The van der Waals surface area contributed by atoms with Crippen molar-refractivity contribution >= 4 is 44.0 Å². The van der Waals surface area contributed by atoms with Gasteiger partial charge >= 0.3 is 0 Å². The normalized spacial score (nSPS) is 11.3. The predicted molar refractivity (Wildman–Crippen MR) is 204 cm³/mol. The number of rotatable bonds is 6. The number of nitrogens with zero attached hydrogens (tertiary/aromatic N) is 1. The first-order chi connectivity index (χ1) is 23.8. The van der Waals surface area contributed by atoms with E-state index in [-0.39, 0.29) is 0 Å². The Morgan fingerprint density at radius 3 is 1.52 bits per heavy atom. The number of aromatic nitrogens is 1. The minimum atomic E-state index is 1.08. The monoisotopic (exact) mass is 612 g/mol. The molecule has 0 aliphatic rings. The van der Waals surface area contributed by atoms with Crippen molar-refractivity contribution in [2.24, 2.45) is 0 Å². The van der Waals surface area contributed by atoms with Gasteiger partial charge in [0.2, 0.25) is 0 Å². The summed E-state index contributed by atoms with van der Waals surface area (Å²) in [6.07, 6.45) is 0. The van der Waals surface area contributed by atoms with Crippen LogP contribution < -0.4 is 5.32 Å². The summed E-state index contributed by atoms with van der Waals surface area (Å²) in [5.41, 5.74) is 13.1. The molecular formula is C46H32N2. The highest BCUT2D eigenvalue weighted by atomic mass is 15.0. The largest absolute Gasteiger partial charge is 0.355 e. The summed E-state index contributed by atoms with van der Waals surface area (Å²) < 4.78 is 2.36. The Morgan fingerprint density at radius 1 is 0.333 bits per heavy atom. The topological polar surface area (TPSA) is 17.0 Å². The van der Waals surface area contributed by atoms with Gasteiger partial charge in [-0.15, -0.1) is 0 Å². The van der Waals surface area contributed by atoms with Gasteiger partial charge in [0.1, 0.15) is 0 Å². The Morgan fingerprint density at radius 2 is 0.833 bits per heavy atom. The van der Waals surface area contributed by atoms with Crippen LogP contribution in [0, 0.1) is 0 Å². The van der Waals surface area contributed by atoms with Crippen LogP contribution in [-0.4, -0.2) is 4.57 Å². The van der Waals surface area contributed by atoms with E-state index in [4.69, 9.17) is 0 Å². The van der Waals surface area contributed by atoms with E-state index >= 15 is 0 Å². The molecular weight excluding hydrogens is 581 g/mol. The van der Waals surface area contributed by atoms with Crippen molar-refractivity contribution in [2.45, 2.75) is 0 Å². The summed E-state index contributed by atoms with van der Waals surface area (Å²) in [4.78, 5) is 0. The fourth-order valence-electron chi connectivity index (χ4n) is 6.95. The smallest absolute Gasteiger partial charge is 0.0541 e. The van der Waals surface area contributed by atoms with Crippen LogP contribution in [0.2, 0.25) is 0 Å². The first kappa shape index (κ1) is 27.9. The van der Waals surface area contributed by atoms with Crippen molar-refractivity contribution in [3.63, 3.8) is 0 Å². The van der Waals surface area contributed by atoms with Crippen molar-refractivity contribution in [3.8, 4) is 39.1 Å². The third-order valence-electron chi connectivity index (χ3n) is 9.41. The zero-order valence-electron chi connectivity index (χ0n) is 26.3. The number of hydrogen-bond acceptors (Lipinski definition) is 1. The number of benzene rings is 8. The molecule has 0 atom stereocenters. The first-order valence-corrected chi connectivity index (χ1v) is 16.4. The Balaban J connectivity index is 0.950. The van der Waals surface area contributed by atoms with Crippen molar-refractivity contribution in [2.75, 3.05) is 5.32 Å². The molecule has 0 unspecified atom stereocenters. The first-order valence-electron chi connectivity index (χ1n) is 16.4. The molecule has 8 aromatic carbocycles. The second-order valence-corrected chi connectivity index (χ2v) is 12.3. The maximum Gasteiger partial charge on any atom is 0.0541 e. The van der Waals surface area contributed by atoms with Gasteiger partial charge in [-0.1, -0.05) is 140 Å². The molecule has 48 heavy (non-hydrogen) atoms. The number of anilines is 2. The molecule has 1 aromatic heterocycles. The predicted octanol–water partition coefficient (Wildman–Crippen LogP) is 12.7. The summed E-state index contributed by atoms with van der Waals surface area (Å²) in [6, 6.07) is 67.5. The van der Waals surface area contributed by atoms with E-state index in [2.05, 4.69) is 198 Å². The minimum Gasteiger partial charge on any atom is -0.355 e. The molecule has 0 saturated heterocycles. The van der Waals surface area contributed by atoms with Crippen molar-refractivity contribution in [1.29, 1.82) is 0 Å². The van der Waals surface area contributed by atoms with Crippen molar-refractivity contribution in [3.05, 3.63) is 188 Å². The van der Waals surface area contributed by atoms with E-state index in [0.29, 0.717) is 0 Å². The zero-order chi connectivity index (χ0) is 31.9. The molecule has 9 rings (SSSR count). The van der Waals surface area contributed by atoms with Crippen molar-refractivity contribution in [1.82, 2.24) is 4.57 Å². The lowest BCUT2D eigenvalue weighted by molar-refractivity contribution is 1.18. The van der Waals surface area contributed by atoms with Gasteiger partial charge in [-0.25, -0.2) is 0 Å². The fraction of sp³-hybridized carbons (Fsp3) is 0. The highest BCUT2D eigenvalue weighted by Crippen LogP contribution is 2.36. The molecule has 0 fully saturated rings. The molecule has 2 heteroatoms. The molecule has 0 aliphatic heterocycles. The van der Waals surface area contributed by atoms with Crippen LogP contribution in [0.4, 0.5) is 11.4 Å². The quantitative estimate of drug-likeness (QED) is 0.198. The molecule has 1 N–H and O–H groups in total. The number of nitrogens with one attached hydrogen (secondary N) is 1. The minimum absolute atomic E-state index is 1.08. The van der Waals surface area contributed by atoms with Crippen molar-refractivity contribution < 1.29 is 0 Å². The fourth-order valence-corrected chi connectivity index (χ4v) is 6.95. The molecule has 1 heterocycles. The maximum atomic E-state index is 3.60. The van der Waals surface area contributed by atoms with Crippen LogP contribution in [0.5, 0.6) is 0 Å². The molecule has 2 nitrogen and oxygen atoms in total. The molecule has 0 bridgehead atoms. The third kappa shape index (κ3) is 5.01. The maximum absolute atomic E-state index is 3.60. The van der Waals surface area contributed by atoms with Gasteiger partial charge in [0.15, 0.2) is 0 Å². The van der Waals surface area contributed by atoms with Crippen LogP contribution in [-0.2, 0) is 0 Å². The molecule has 0 spiro atoms. The summed E-state index contributed by atoms with van der Waals surface area (Å²) in [5.74, 6) is 0. The third-order valence-corrected chi connectivity index (χ3v) is 9.41. The van der Waals surface area contributed by atoms with E-state index in [9.17, 15) is 0 Å². The van der Waals surface area contributed by atoms with Crippen LogP contribution in [0.25, 0.3) is 71.6 Å². The summed E-state index contributed by atoms with van der Waals surface area (Å²) >= 11 is 0. The number of para-hydroxylation sites is 2. The van der Waals surface area contributed by atoms with E-state index in [0.717, 1.165) is 11.4 Å². The lowest BCUT2D eigenvalue weighted by atomic mass is 9.97. The van der Waals surface area contributed by atoms with Gasteiger partial charge in [0, 0.05) is 33.2 Å². The Labute approximate surface area is 280 Å². The zero-order valence-corrected chi connectivity index (χ0v) is 26.3. The van der Waals surface area contributed by atoms with Crippen LogP contribution in [0.1, 0.15) is 0 Å². The van der Waals surface area contributed by atoms with Gasteiger partial charge < -0.3 is 9.88 Å². The second-order valence-electron chi connectivity index (χ2n) is 12.3. The highest BCUT2D eigenvalue weighted by molar-refractivity contribution is 6.10. The Kier molecular flexibility index (Phi) is 6.84. The SMILES string of the molecule is c1ccc(-n2c3ccccc3c3cc(-c4ccc(-c5ccc(-c6ccc(Nc7cccc8ccccc78)cc6)cc5)cc4)ccc32)cc1. The second kappa shape index (κ2) is 11.8. The van der Waals surface area contributed by atoms with E-state index < -0.39 is 0 Å². The number of hydrogen-bond donors (Lipinski definition) is 1. The standard InChI is InChI=1S/C46H32N2/c1-2-11-40(12-3-1)48-45-16-7-6-14-42(45)43-31-38(27-30-46(43)48)36-23-21-33(22-24-36)32-17-19-34(20-18-32)35-25-28-39(29-26-35)47-44-15-8-10-37-9-4-5-13-41(37)44/h1-31,47H. The van der Waals surface area contributed by atoms with Gasteiger partial charge in [0.25, 0.3) is 0 Å². The van der Waals surface area contributed by atoms with E-state index in [1.807, 2.05) is 0 Å². The molecule has 9 aromatic rings. The Hall–Kier alpha value is -6.38. The van der Waals surface area contributed by atoms with Crippen LogP contribution >= 0.6 is 0 Å². The van der Waals surface area contributed by atoms with Gasteiger partial charge in [-0.3, -0.25) is 0 Å². The highest BCUT2D eigenvalue weighted by Gasteiger charge is 2.13. The molecule has 0 aliphatic carbocycles. The summed E-state index contributed by atoms with van der Waals surface area (Å²) in [6.45, 7) is 0. The van der Waals surface area contributed by atoms with Crippen LogP contribution in [0.3, 0.4) is 0 Å². The average molecular weight is 613 g/mol. The summed E-state index contributed by atoms with van der Waals surface area (Å²) in [5, 5.41) is 8.59. The van der Waals surface area contributed by atoms with Crippen LogP contribution in [0.15, 0.2) is 188 Å². The van der Waals surface area contributed by atoms with E-state index in [1.54, 1.807) is 0 Å². The van der Waals surface area contributed by atoms with E-state index in [1.165, 1.54) is 71.6 Å². The summed E-state index contributed by atoms with van der Waals surface area (Å²) in [7, 11) is 0. The van der Waals surface area contributed by atoms with Gasteiger partial charge in [0.05, 0.1) is 11.0 Å². The molecule has 0 amide bonds. The molecule has 0 saturated carbocycles. The van der Waals surface area contributed by atoms with Gasteiger partial charge in [-0.05, 0) is 87.3 Å². The van der Waals surface area contributed by atoms with Gasteiger partial charge in [-0.2, -0.15) is 0 Å². The average Bonchev–Trinajstić information content (AvgIpc) is 3.50. The lowest BCUT2D eigenvalue weighted by Gasteiger charge is -2.11. The molecule has 0 radical (unpaired) electrons.